The Balaban J connectivity index is 1.78. The summed E-state index contributed by atoms with van der Waals surface area (Å²) in [6, 6.07) is 19.7. The van der Waals surface area contributed by atoms with Gasteiger partial charge in [-0.1, -0.05) is 41.9 Å². The zero-order valence-corrected chi connectivity index (χ0v) is 18.8. The molecule has 0 spiro atoms. The second kappa shape index (κ2) is 8.78. The average Bonchev–Trinajstić information content (AvgIpc) is 3.17. The quantitative estimate of drug-likeness (QED) is 0.332. The van der Waals surface area contributed by atoms with E-state index in [0.717, 1.165) is 10.4 Å². The van der Waals surface area contributed by atoms with E-state index in [1.807, 2.05) is 0 Å². The molecule has 1 aromatic heterocycles. The molecule has 0 unspecified atom stereocenters. The second-order valence-corrected chi connectivity index (χ2v) is 10.3. The van der Waals surface area contributed by atoms with Gasteiger partial charge in [0.05, 0.1) is 15.5 Å². The summed E-state index contributed by atoms with van der Waals surface area (Å²) >= 11 is 7.29. The number of sulfone groups is 1. The van der Waals surface area contributed by atoms with Gasteiger partial charge in [-0.15, -0.1) is 11.3 Å². The minimum atomic E-state index is -3.48. The van der Waals surface area contributed by atoms with Crippen molar-refractivity contribution in [3.05, 3.63) is 88.6 Å². The number of halogens is 2. The lowest BCUT2D eigenvalue weighted by molar-refractivity contribution is 0.305. The molecule has 0 aliphatic carbocycles. The van der Waals surface area contributed by atoms with Crippen LogP contribution in [-0.2, 0) is 16.4 Å². The van der Waals surface area contributed by atoms with E-state index in [-0.39, 0.29) is 17.3 Å². The Morgan fingerprint density at radius 1 is 1.00 bits per heavy atom. The minimum absolute atomic E-state index is 0.189. The number of benzene rings is 3. The fourth-order valence-corrected chi connectivity index (χ4v) is 5.08. The van der Waals surface area contributed by atoms with Gasteiger partial charge in [0.2, 0.25) is 0 Å². The summed E-state index contributed by atoms with van der Waals surface area (Å²) in [6.07, 6.45) is 1.17. The molecule has 31 heavy (non-hydrogen) atoms. The maximum absolute atomic E-state index is 13.5. The molecule has 0 bridgehead atoms. The molecule has 1 heterocycles. The standard InChI is InChI=1S/C23H17ClFNO3S2/c1-31(27,28)20-5-3-2-4-19(20)22-23(15-6-10-17(25)11-7-15)30-21(26-22)14-29-18-12-8-16(24)9-13-18/h2-13H,14H2,1H3. The highest BCUT2D eigenvalue weighted by Crippen LogP contribution is 2.39. The van der Waals surface area contributed by atoms with Gasteiger partial charge >= 0.3 is 0 Å². The number of ether oxygens (including phenoxy) is 1. The third kappa shape index (κ3) is 4.95. The molecular weight excluding hydrogens is 457 g/mol. The fraction of sp³-hybridized carbons (Fsp3) is 0.0870. The topological polar surface area (TPSA) is 56.3 Å². The van der Waals surface area contributed by atoms with Gasteiger partial charge in [-0.05, 0) is 48.0 Å². The van der Waals surface area contributed by atoms with E-state index < -0.39 is 9.84 Å². The van der Waals surface area contributed by atoms with Crippen molar-refractivity contribution in [1.82, 2.24) is 4.98 Å². The Hall–Kier alpha value is -2.74. The number of rotatable bonds is 6. The molecule has 0 radical (unpaired) electrons. The van der Waals surface area contributed by atoms with Crippen LogP contribution in [0.5, 0.6) is 5.75 Å². The van der Waals surface area contributed by atoms with Gasteiger partial charge in [0, 0.05) is 16.8 Å². The second-order valence-electron chi connectivity index (χ2n) is 6.80. The van der Waals surface area contributed by atoms with Crippen LogP contribution >= 0.6 is 22.9 Å². The Bertz CT molecular complexity index is 1320. The lowest BCUT2D eigenvalue weighted by Crippen LogP contribution is -2.00. The highest BCUT2D eigenvalue weighted by atomic mass is 35.5. The first-order valence-corrected chi connectivity index (χ1v) is 12.3. The molecule has 0 fully saturated rings. The number of thiazole rings is 1. The number of nitrogens with zero attached hydrogens (tertiary/aromatic N) is 1. The molecule has 0 saturated heterocycles. The van der Waals surface area contributed by atoms with Crippen LogP contribution in [0.2, 0.25) is 5.02 Å². The highest BCUT2D eigenvalue weighted by Gasteiger charge is 2.21. The molecule has 158 valence electrons. The lowest BCUT2D eigenvalue weighted by atomic mass is 10.1. The molecule has 4 rings (SSSR count). The first-order chi connectivity index (χ1) is 14.8. The van der Waals surface area contributed by atoms with Crippen LogP contribution in [0.1, 0.15) is 5.01 Å². The van der Waals surface area contributed by atoms with Crippen molar-refractivity contribution < 1.29 is 17.5 Å². The van der Waals surface area contributed by atoms with Crippen LogP contribution in [0.15, 0.2) is 77.7 Å². The molecule has 3 aromatic carbocycles. The first kappa shape index (κ1) is 21.5. The van der Waals surface area contributed by atoms with Gasteiger partial charge in [0.1, 0.15) is 23.2 Å². The smallest absolute Gasteiger partial charge is 0.176 e. The van der Waals surface area contributed by atoms with Gasteiger partial charge in [0.15, 0.2) is 9.84 Å². The Kier molecular flexibility index (Phi) is 6.09. The van der Waals surface area contributed by atoms with Crippen LogP contribution in [0, 0.1) is 5.82 Å². The number of aromatic nitrogens is 1. The molecule has 0 aliphatic rings. The molecule has 0 amide bonds. The molecule has 4 aromatic rings. The summed E-state index contributed by atoms with van der Waals surface area (Å²) in [6.45, 7) is 0.196. The number of hydrogen-bond acceptors (Lipinski definition) is 5. The zero-order valence-electron chi connectivity index (χ0n) is 16.4. The van der Waals surface area contributed by atoms with Crippen LogP contribution in [-0.4, -0.2) is 19.7 Å². The highest BCUT2D eigenvalue weighted by molar-refractivity contribution is 7.90. The summed E-state index contributed by atoms with van der Waals surface area (Å²) in [5.74, 6) is 0.290. The van der Waals surface area contributed by atoms with Gasteiger partial charge in [-0.3, -0.25) is 0 Å². The third-order valence-electron chi connectivity index (χ3n) is 4.50. The normalized spacial score (nSPS) is 11.5. The van der Waals surface area contributed by atoms with Crippen molar-refractivity contribution >= 4 is 32.8 Å². The maximum Gasteiger partial charge on any atom is 0.176 e. The average molecular weight is 474 g/mol. The monoisotopic (exact) mass is 473 g/mol. The maximum atomic E-state index is 13.5. The largest absolute Gasteiger partial charge is 0.486 e. The van der Waals surface area contributed by atoms with Gasteiger partial charge in [0.25, 0.3) is 0 Å². The van der Waals surface area contributed by atoms with Gasteiger partial charge < -0.3 is 4.74 Å². The van der Waals surface area contributed by atoms with Crippen molar-refractivity contribution in [3.8, 4) is 27.4 Å². The van der Waals surface area contributed by atoms with Crippen LogP contribution in [0.4, 0.5) is 4.39 Å². The molecule has 0 N–H and O–H groups in total. The van der Waals surface area contributed by atoms with E-state index in [1.165, 1.54) is 29.7 Å². The van der Waals surface area contributed by atoms with Gasteiger partial charge in [-0.25, -0.2) is 17.8 Å². The van der Waals surface area contributed by atoms with E-state index in [9.17, 15) is 12.8 Å². The van der Waals surface area contributed by atoms with Crippen molar-refractivity contribution in [2.75, 3.05) is 6.26 Å². The Morgan fingerprint density at radius 3 is 2.35 bits per heavy atom. The van der Waals surface area contributed by atoms with Crippen LogP contribution < -0.4 is 4.74 Å². The van der Waals surface area contributed by atoms with E-state index in [2.05, 4.69) is 0 Å². The van der Waals surface area contributed by atoms with Crippen molar-refractivity contribution in [3.63, 3.8) is 0 Å². The predicted octanol–water partition coefficient (Wildman–Crippen LogP) is 6.25. The SMILES string of the molecule is CS(=O)(=O)c1ccccc1-c1nc(COc2ccc(Cl)cc2)sc1-c1ccc(F)cc1. The molecule has 4 nitrogen and oxygen atoms in total. The molecular formula is C23H17ClFNO3S2. The first-order valence-electron chi connectivity index (χ1n) is 9.25. The van der Waals surface area contributed by atoms with Crippen molar-refractivity contribution in [1.29, 1.82) is 0 Å². The zero-order chi connectivity index (χ0) is 22.0. The van der Waals surface area contributed by atoms with Crippen molar-refractivity contribution in [2.45, 2.75) is 11.5 Å². The number of hydrogen-bond donors (Lipinski definition) is 0. The minimum Gasteiger partial charge on any atom is -0.486 e. The van der Waals surface area contributed by atoms with E-state index in [1.54, 1.807) is 60.7 Å². The fourth-order valence-electron chi connectivity index (χ4n) is 3.07. The van der Waals surface area contributed by atoms with E-state index >= 15 is 0 Å². The summed E-state index contributed by atoms with van der Waals surface area (Å²) in [5.41, 5.74) is 1.76. The molecule has 0 atom stereocenters. The third-order valence-corrected chi connectivity index (χ3v) is 6.98. The predicted molar refractivity (Wildman–Crippen MR) is 122 cm³/mol. The summed E-state index contributed by atoms with van der Waals surface area (Å²) < 4.78 is 44.0. The van der Waals surface area contributed by atoms with Gasteiger partial charge in [-0.2, -0.15) is 0 Å². The Labute approximate surface area is 188 Å². The summed E-state index contributed by atoms with van der Waals surface area (Å²) in [5, 5.41) is 1.27. The molecule has 8 heteroatoms. The van der Waals surface area contributed by atoms with Crippen LogP contribution in [0.3, 0.4) is 0 Å². The van der Waals surface area contributed by atoms with E-state index in [4.69, 9.17) is 21.3 Å². The summed E-state index contributed by atoms with van der Waals surface area (Å²) in [4.78, 5) is 5.63. The van der Waals surface area contributed by atoms with E-state index in [0.29, 0.717) is 27.0 Å². The summed E-state index contributed by atoms with van der Waals surface area (Å²) in [7, 11) is -3.48. The van der Waals surface area contributed by atoms with Crippen LogP contribution in [0.25, 0.3) is 21.7 Å². The molecule has 0 saturated carbocycles. The van der Waals surface area contributed by atoms with Crippen molar-refractivity contribution in [2.24, 2.45) is 0 Å². The molecule has 0 aliphatic heterocycles. The Morgan fingerprint density at radius 2 is 1.68 bits per heavy atom. The lowest BCUT2D eigenvalue weighted by Gasteiger charge is -2.08.